The Morgan fingerprint density at radius 1 is 0.409 bits per heavy atom. The number of phenols is 3. The molecule has 0 unspecified atom stereocenters. The molecule has 0 fully saturated rings. The SMILES string of the molecule is COc1ccc(N=Nc2c(S(=O)(=O)O)cc3cc(SOOO)c(N=Nc4c(S(=O)(=O)O)cc5cc(SOOO)c(N=Nc6ccc7cc(SOOO)c(N=Nc8cc(SOOO)ccc8S(=O)(=O)O)c(O)c7c6)c(N)c5c4O)cc3c2O)c(SOOO)c1. The number of nitrogens with zero attached hydrogens (tertiary/aromatic N) is 8. The van der Waals surface area contributed by atoms with Crippen molar-refractivity contribution in [3.05, 3.63) is 91.0 Å². The fourth-order valence-corrected chi connectivity index (χ4v) is 11.9. The molecule has 0 spiro atoms. The number of nitrogen functional groups attached to an aromatic ring is 1. The number of hydrogen-bond donors (Lipinski definition) is 12. The first-order valence-corrected chi connectivity index (χ1v) is 30.4. The van der Waals surface area contributed by atoms with E-state index in [0.717, 1.165) is 48.5 Å². The largest absolute Gasteiger partial charge is 0.505 e. The highest BCUT2D eigenvalue weighted by atomic mass is 32.2. The zero-order chi connectivity index (χ0) is 63.7. The topological polar surface area (TPSA) is 551 Å². The highest BCUT2D eigenvalue weighted by Crippen LogP contribution is 2.52. The zero-order valence-electron chi connectivity index (χ0n) is 42.4. The fraction of sp³-hybridized carbons (Fsp3) is 0.0233. The molecule has 8 aromatic carbocycles. The van der Waals surface area contributed by atoms with E-state index >= 15 is 0 Å². The molecule has 88 heavy (non-hydrogen) atoms. The second-order valence-corrected chi connectivity index (χ2v) is 24.1. The maximum absolute atomic E-state index is 13.0. The number of phenolic OH excluding ortho intramolecular Hbond substituents is 3. The number of anilines is 1. The molecule has 0 atom stereocenters. The summed E-state index contributed by atoms with van der Waals surface area (Å²) in [7, 11) is -14.3. The van der Waals surface area contributed by atoms with Crippen molar-refractivity contribution in [1.29, 1.82) is 0 Å². The average Bonchev–Trinajstić information content (AvgIpc) is 1.24. The van der Waals surface area contributed by atoms with Crippen LogP contribution in [0.5, 0.6) is 23.0 Å². The van der Waals surface area contributed by atoms with E-state index in [1.807, 2.05) is 0 Å². The Balaban J connectivity index is 1.25. The molecule has 0 amide bonds. The van der Waals surface area contributed by atoms with E-state index < -0.39 is 107 Å². The van der Waals surface area contributed by atoms with Gasteiger partial charge in [-0.2, -0.15) is 30.4 Å². The van der Waals surface area contributed by atoms with Gasteiger partial charge < -0.3 is 25.8 Å². The summed E-state index contributed by atoms with van der Waals surface area (Å²) in [6.45, 7) is 0. The van der Waals surface area contributed by atoms with Crippen molar-refractivity contribution >= 4 is 174 Å². The van der Waals surface area contributed by atoms with Gasteiger partial charge in [-0.05, 0) is 101 Å². The molecule has 8 rings (SSSR count). The van der Waals surface area contributed by atoms with Crippen molar-refractivity contribution in [2.45, 2.75) is 39.2 Å². The van der Waals surface area contributed by atoms with Gasteiger partial charge in [-0.15, -0.1) is 57.5 Å². The number of methoxy groups -OCH3 is 1. The molecule has 0 aliphatic carbocycles. The third-order valence-electron chi connectivity index (χ3n) is 11.2. The van der Waals surface area contributed by atoms with Crippen LogP contribution in [0.1, 0.15) is 0 Å². The number of hydrogen-bond acceptors (Lipinski definition) is 39. The minimum atomic E-state index is -5.42. The Labute approximate surface area is 510 Å². The lowest BCUT2D eigenvalue weighted by atomic mass is 10.0. The first kappa shape index (κ1) is 66.8. The van der Waals surface area contributed by atoms with E-state index in [9.17, 15) is 54.2 Å². The van der Waals surface area contributed by atoms with Crippen molar-refractivity contribution in [1.82, 2.24) is 0 Å². The predicted molar refractivity (Wildman–Crippen MR) is 300 cm³/mol. The Bertz CT molecular complexity index is 4500. The van der Waals surface area contributed by atoms with Crippen LogP contribution in [0.3, 0.4) is 0 Å². The minimum Gasteiger partial charge on any atom is -0.505 e. The third kappa shape index (κ3) is 15.4. The summed E-state index contributed by atoms with van der Waals surface area (Å²) in [5.74, 6) is -2.56. The van der Waals surface area contributed by atoms with E-state index in [0.29, 0.717) is 36.1 Å². The first-order chi connectivity index (χ1) is 41.9. The van der Waals surface area contributed by atoms with Gasteiger partial charge in [0.15, 0.2) is 17.2 Å². The van der Waals surface area contributed by atoms with Gasteiger partial charge >= 0.3 is 0 Å². The van der Waals surface area contributed by atoms with Crippen LogP contribution in [0.15, 0.2) is 171 Å². The van der Waals surface area contributed by atoms with Crippen LogP contribution < -0.4 is 10.5 Å². The fourth-order valence-electron chi connectivity index (χ4n) is 7.62. The normalized spacial score (nSPS) is 12.6. The number of fused-ring (bicyclic) bond motifs is 3. The molecule has 0 saturated heterocycles. The van der Waals surface area contributed by atoms with E-state index in [2.05, 4.69) is 87.8 Å². The molecule has 0 aromatic heterocycles. The molecule has 0 saturated carbocycles. The highest BCUT2D eigenvalue weighted by Gasteiger charge is 2.28. The number of ether oxygens (including phenoxy) is 1. The van der Waals surface area contributed by atoms with Crippen LogP contribution in [0.4, 0.5) is 51.2 Å². The van der Waals surface area contributed by atoms with Gasteiger partial charge in [-0.1, -0.05) is 31.3 Å². The van der Waals surface area contributed by atoms with Crippen molar-refractivity contribution in [2.24, 2.45) is 40.9 Å². The highest BCUT2D eigenvalue weighted by molar-refractivity contribution is 7.95. The molecule has 0 bridgehead atoms. The lowest BCUT2D eigenvalue weighted by Crippen LogP contribution is -2.00. The summed E-state index contributed by atoms with van der Waals surface area (Å²) >= 11 is 1.48. The molecule has 0 radical (unpaired) electrons. The number of aromatic hydroxyl groups is 3. The van der Waals surface area contributed by atoms with Gasteiger partial charge in [0.2, 0.25) is 0 Å². The first-order valence-electron chi connectivity index (χ1n) is 22.3. The van der Waals surface area contributed by atoms with E-state index in [4.69, 9.17) is 36.8 Å². The molecule has 8 aromatic rings. The van der Waals surface area contributed by atoms with E-state index in [-0.39, 0.29) is 92.6 Å². The smallest absolute Gasteiger partial charge is 0.296 e. The summed E-state index contributed by atoms with van der Waals surface area (Å²) in [6, 6.07) is 17.1. The van der Waals surface area contributed by atoms with E-state index in [1.54, 1.807) is 0 Å². The Kier molecular flexibility index (Phi) is 22.0. The molecule has 464 valence electrons. The van der Waals surface area contributed by atoms with Gasteiger partial charge in [0.05, 0.1) is 104 Å². The van der Waals surface area contributed by atoms with Gasteiger partial charge in [0.1, 0.15) is 60.2 Å². The lowest BCUT2D eigenvalue weighted by Gasteiger charge is -2.14. The quantitative estimate of drug-likeness (QED) is 0.00568. The lowest BCUT2D eigenvalue weighted by molar-refractivity contribution is -0.432. The van der Waals surface area contributed by atoms with Crippen LogP contribution in [-0.2, 0) is 77.2 Å². The third-order valence-corrected chi connectivity index (χ3v) is 16.9. The Morgan fingerprint density at radius 2 is 0.886 bits per heavy atom. The summed E-state index contributed by atoms with van der Waals surface area (Å²) in [5.41, 5.74) is 2.10. The molecule has 45 heteroatoms. The van der Waals surface area contributed by atoms with Crippen LogP contribution in [-0.4, -0.2) is 87.6 Å². The van der Waals surface area contributed by atoms with Crippen LogP contribution >= 0.6 is 60.2 Å². The Hall–Kier alpha value is -7.18. The maximum Gasteiger partial charge on any atom is 0.296 e. The second kappa shape index (κ2) is 29.0. The van der Waals surface area contributed by atoms with Crippen LogP contribution in [0, 0.1) is 0 Å². The summed E-state index contributed by atoms with van der Waals surface area (Å²) in [4.78, 5) is -3.41. The van der Waals surface area contributed by atoms with Crippen molar-refractivity contribution in [2.75, 3.05) is 12.8 Å². The van der Waals surface area contributed by atoms with Crippen molar-refractivity contribution < 1.29 is 132 Å². The summed E-state index contributed by atoms with van der Waals surface area (Å²) in [5, 5.41) is 129. The molecule has 0 aliphatic rings. The number of benzene rings is 8. The molecule has 37 nitrogen and oxygen atoms in total. The monoisotopic (exact) mass is 1380 g/mol. The molecule has 0 aliphatic heterocycles. The molecule has 13 N–H and O–H groups in total. The Morgan fingerprint density at radius 3 is 1.49 bits per heavy atom. The summed E-state index contributed by atoms with van der Waals surface area (Å²) < 4.78 is 134. The predicted octanol–water partition coefficient (Wildman–Crippen LogP) is 13.4. The molecular weight excluding hydrogens is 1350 g/mol. The van der Waals surface area contributed by atoms with Crippen molar-refractivity contribution in [3.63, 3.8) is 0 Å². The standard InChI is InChI=1S/C43H31N9O28S8/c1-70-21-4-6-25(29(14-21)83-78-73-58)46-51-39-33(87(64,65)66)11-18-9-28(82-77-72-57)26(16-24(18)42(39)54)47-52-40-34(88(67,68)69)12-19-10-30(84-79-74-59)37(36(44)35(19)43(40)55)49-45-20-3-2-17-8-31(85-80-75-60)38(41(53)23(17)13-20)50-48-27-15-22(81-76-71-56)5-7-32(27)86(61,62)63/h2-16,53-60H,44H2,1H3,(H,61,62,63)(H,64,65,66)(H,67,68,69). The van der Waals surface area contributed by atoms with Crippen LogP contribution in [0.25, 0.3) is 32.3 Å². The average molecular weight is 1380 g/mol. The zero-order valence-corrected chi connectivity index (χ0v) is 49.0. The number of azo groups is 4. The number of nitrogens with two attached hydrogens (primary N) is 1. The van der Waals surface area contributed by atoms with E-state index in [1.165, 1.54) is 49.6 Å². The summed E-state index contributed by atoms with van der Waals surface area (Å²) in [6.07, 6.45) is 0. The van der Waals surface area contributed by atoms with Crippen LogP contribution in [0.2, 0.25) is 0 Å². The minimum absolute atomic E-state index is 0.0587. The maximum atomic E-state index is 13.0. The van der Waals surface area contributed by atoms with Crippen molar-refractivity contribution in [3.8, 4) is 23.0 Å². The van der Waals surface area contributed by atoms with Gasteiger partial charge in [-0.25, -0.2) is 26.3 Å². The van der Waals surface area contributed by atoms with Gasteiger partial charge in [0.25, 0.3) is 30.4 Å². The molecular formula is C43H31N9O28S8. The van der Waals surface area contributed by atoms with Gasteiger partial charge in [0, 0.05) is 15.7 Å². The molecule has 0 heterocycles. The van der Waals surface area contributed by atoms with Gasteiger partial charge in [-0.3, -0.25) is 13.7 Å². The second-order valence-electron chi connectivity index (χ2n) is 16.2. The number of rotatable bonds is 27.